The summed E-state index contributed by atoms with van der Waals surface area (Å²) in [6.07, 6.45) is 6.57. The highest BCUT2D eigenvalue weighted by molar-refractivity contribution is 6.04. The number of benzene rings is 1. The zero-order chi connectivity index (χ0) is 23.1. The molecule has 0 aliphatic carbocycles. The number of hydrogen-bond acceptors (Lipinski definition) is 6. The van der Waals surface area contributed by atoms with Gasteiger partial charge in [-0.05, 0) is 43.5 Å². The van der Waals surface area contributed by atoms with Crippen LogP contribution in [0.1, 0.15) is 43.7 Å². The Kier molecular flexibility index (Phi) is 7.26. The van der Waals surface area contributed by atoms with Crippen LogP contribution in [-0.2, 0) is 14.3 Å². The van der Waals surface area contributed by atoms with Crippen LogP contribution in [0.5, 0.6) is 0 Å². The van der Waals surface area contributed by atoms with Gasteiger partial charge in [-0.2, -0.15) is 5.26 Å². The first kappa shape index (κ1) is 23.0. The molecule has 0 saturated heterocycles. The molecule has 0 fully saturated rings. The lowest BCUT2D eigenvalue weighted by atomic mass is 9.58. The van der Waals surface area contributed by atoms with E-state index < -0.39 is 35.2 Å². The maximum atomic E-state index is 13.2. The Hall–Kier alpha value is -3.66. The minimum Gasteiger partial charge on any atom is -0.481 e. The van der Waals surface area contributed by atoms with Gasteiger partial charge in [0.25, 0.3) is 0 Å². The van der Waals surface area contributed by atoms with E-state index in [-0.39, 0.29) is 19.4 Å². The van der Waals surface area contributed by atoms with Gasteiger partial charge in [-0.25, -0.2) is 0 Å². The van der Waals surface area contributed by atoms with E-state index in [0.717, 1.165) is 5.56 Å². The van der Waals surface area contributed by atoms with Crippen LogP contribution in [0, 0.1) is 22.7 Å². The molecule has 7 heteroatoms. The van der Waals surface area contributed by atoms with Gasteiger partial charge >= 0.3 is 11.9 Å². The Morgan fingerprint density at radius 2 is 2.06 bits per heavy atom. The summed E-state index contributed by atoms with van der Waals surface area (Å²) in [5.41, 5.74) is 0.621. The van der Waals surface area contributed by atoms with Crippen molar-refractivity contribution < 1.29 is 23.8 Å². The lowest BCUT2D eigenvalue weighted by Crippen LogP contribution is -2.54. The molecule has 0 saturated carbocycles. The number of rotatable bonds is 8. The van der Waals surface area contributed by atoms with Crippen molar-refractivity contribution in [3.05, 3.63) is 66.1 Å². The first-order valence-corrected chi connectivity index (χ1v) is 10.5. The highest BCUT2D eigenvalue weighted by atomic mass is 16.5. The molecular formula is C25H26N2O5. The molecule has 0 radical (unpaired) electrons. The number of aliphatic imine (C=N–C) groups is 1. The van der Waals surface area contributed by atoms with Crippen LogP contribution in [0.2, 0.25) is 0 Å². The van der Waals surface area contributed by atoms with Crippen molar-refractivity contribution >= 4 is 23.7 Å². The van der Waals surface area contributed by atoms with Gasteiger partial charge in [0.1, 0.15) is 12.5 Å². The lowest BCUT2D eigenvalue weighted by Gasteiger charge is -2.46. The second-order valence-electron chi connectivity index (χ2n) is 7.91. The number of furan rings is 1. The van der Waals surface area contributed by atoms with E-state index >= 15 is 0 Å². The van der Waals surface area contributed by atoms with Crippen molar-refractivity contribution in [2.75, 3.05) is 6.61 Å². The maximum absolute atomic E-state index is 13.2. The van der Waals surface area contributed by atoms with Gasteiger partial charge in [-0.1, -0.05) is 36.4 Å². The molecular weight excluding hydrogens is 408 g/mol. The number of ether oxygens (including phenoxy) is 1. The summed E-state index contributed by atoms with van der Waals surface area (Å²) in [6, 6.07) is 12.7. The predicted molar refractivity (Wildman–Crippen MR) is 119 cm³/mol. The Morgan fingerprint density at radius 3 is 2.69 bits per heavy atom. The second-order valence-corrected chi connectivity index (χ2v) is 7.91. The van der Waals surface area contributed by atoms with E-state index in [4.69, 9.17) is 14.4 Å². The smallest absolute Gasteiger partial charge is 0.315 e. The predicted octanol–water partition coefficient (Wildman–Crippen LogP) is 4.47. The molecule has 1 aromatic carbocycles. The molecule has 2 heterocycles. The summed E-state index contributed by atoms with van der Waals surface area (Å²) in [5.74, 6) is -3.32. The topological polar surface area (TPSA) is 113 Å². The number of carbonyl (C=O) groups excluding carboxylic acids is 1. The fraction of sp³-hybridized carbons (Fsp3) is 0.360. The van der Waals surface area contributed by atoms with Crippen molar-refractivity contribution in [3.63, 3.8) is 0 Å². The van der Waals surface area contributed by atoms with Crippen LogP contribution in [0.15, 0.2) is 64.4 Å². The summed E-state index contributed by atoms with van der Waals surface area (Å²) < 4.78 is 10.7. The molecule has 7 nitrogen and oxygen atoms in total. The Morgan fingerprint density at radius 1 is 1.31 bits per heavy atom. The van der Waals surface area contributed by atoms with Crippen molar-refractivity contribution in [2.24, 2.45) is 16.3 Å². The number of hydrogen-bond donors (Lipinski definition) is 1. The van der Waals surface area contributed by atoms with Gasteiger partial charge in [0.05, 0.1) is 30.1 Å². The Labute approximate surface area is 187 Å². The number of carboxylic acids is 1. The average Bonchev–Trinajstić information content (AvgIpc) is 3.30. The molecule has 32 heavy (non-hydrogen) atoms. The van der Waals surface area contributed by atoms with Gasteiger partial charge in [-0.15, -0.1) is 0 Å². The third kappa shape index (κ3) is 4.50. The van der Waals surface area contributed by atoms with Gasteiger partial charge in [0.15, 0.2) is 0 Å². The van der Waals surface area contributed by atoms with Gasteiger partial charge in [0.2, 0.25) is 0 Å². The van der Waals surface area contributed by atoms with E-state index in [1.807, 2.05) is 42.5 Å². The molecule has 2 aromatic rings. The van der Waals surface area contributed by atoms with Crippen LogP contribution in [0.3, 0.4) is 0 Å². The molecule has 1 aliphatic rings. The lowest BCUT2D eigenvalue weighted by molar-refractivity contribution is -0.157. The minimum absolute atomic E-state index is 0.0289. The number of carbonyl (C=O) groups is 2. The molecule has 1 aromatic heterocycles. The molecule has 1 N–H and O–H groups in total. The number of nitrogens with zero attached hydrogens (tertiary/aromatic N) is 2. The number of carboxylic acid groups (broad SMARTS) is 1. The van der Waals surface area contributed by atoms with E-state index in [1.54, 1.807) is 26.0 Å². The van der Waals surface area contributed by atoms with Crippen LogP contribution < -0.4 is 0 Å². The average molecular weight is 434 g/mol. The van der Waals surface area contributed by atoms with E-state index in [9.17, 15) is 14.7 Å². The first-order chi connectivity index (χ1) is 15.4. The normalized spacial score (nSPS) is 25.2. The largest absolute Gasteiger partial charge is 0.481 e. The molecule has 166 valence electrons. The van der Waals surface area contributed by atoms with Crippen LogP contribution in [-0.4, -0.2) is 35.4 Å². The maximum Gasteiger partial charge on any atom is 0.315 e. The zero-order valence-electron chi connectivity index (χ0n) is 18.1. The van der Waals surface area contributed by atoms with Crippen LogP contribution in [0.4, 0.5) is 0 Å². The van der Waals surface area contributed by atoms with Crippen molar-refractivity contribution in [1.29, 1.82) is 5.26 Å². The summed E-state index contributed by atoms with van der Waals surface area (Å²) in [6.45, 7) is 3.47. The molecule has 1 aliphatic heterocycles. The van der Waals surface area contributed by atoms with Crippen molar-refractivity contribution in [2.45, 2.75) is 38.6 Å². The standard InChI is InChI=1S/C25H26N2O5/c1-17-21(23(28)32-14-6-10-19-8-4-3-5-9-19)22(20-11-15-31-16-20)25(24(29)30,12-7-13-26)18(2)27-17/h3-6,8-11,15-16,18,21-22H,7,12,14H2,1-2H3,(H,29,30). The monoisotopic (exact) mass is 434 g/mol. The zero-order valence-corrected chi connectivity index (χ0v) is 18.1. The fourth-order valence-electron chi connectivity index (χ4n) is 4.56. The quantitative estimate of drug-likeness (QED) is 0.613. The molecule has 4 atom stereocenters. The van der Waals surface area contributed by atoms with Crippen LogP contribution >= 0.6 is 0 Å². The van der Waals surface area contributed by atoms with Gasteiger partial charge in [0, 0.05) is 18.1 Å². The van der Waals surface area contributed by atoms with E-state index in [1.165, 1.54) is 12.5 Å². The Bertz CT molecular complexity index is 1040. The molecule has 0 amide bonds. The SMILES string of the molecule is CC1=NC(C)C(CCC#N)(C(=O)O)C(c2ccoc2)C1C(=O)OCC=Cc1ccccc1. The highest BCUT2D eigenvalue weighted by Crippen LogP contribution is 2.52. The molecule has 3 rings (SSSR count). The van der Waals surface area contributed by atoms with Crippen LogP contribution in [0.25, 0.3) is 6.08 Å². The minimum atomic E-state index is -1.44. The van der Waals surface area contributed by atoms with E-state index in [0.29, 0.717) is 11.3 Å². The third-order valence-electron chi connectivity index (χ3n) is 6.12. The van der Waals surface area contributed by atoms with Crippen molar-refractivity contribution in [1.82, 2.24) is 0 Å². The molecule has 0 spiro atoms. The summed E-state index contributed by atoms with van der Waals surface area (Å²) >= 11 is 0. The van der Waals surface area contributed by atoms with Gasteiger partial charge < -0.3 is 14.3 Å². The van der Waals surface area contributed by atoms with Gasteiger partial charge in [-0.3, -0.25) is 14.6 Å². The Balaban J connectivity index is 1.92. The first-order valence-electron chi connectivity index (χ1n) is 10.5. The molecule has 4 unspecified atom stereocenters. The second kappa shape index (κ2) is 10.1. The fourth-order valence-corrected chi connectivity index (χ4v) is 4.56. The number of aliphatic carboxylic acids is 1. The highest BCUT2D eigenvalue weighted by Gasteiger charge is 2.58. The molecule has 0 bridgehead atoms. The van der Waals surface area contributed by atoms with Crippen molar-refractivity contribution in [3.8, 4) is 6.07 Å². The summed E-state index contributed by atoms with van der Waals surface area (Å²) in [7, 11) is 0. The van der Waals surface area contributed by atoms with E-state index in [2.05, 4.69) is 4.99 Å². The summed E-state index contributed by atoms with van der Waals surface area (Å²) in [5, 5.41) is 19.5. The summed E-state index contributed by atoms with van der Waals surface area (Å²) in [4.78, 5) is 30.3. The number of nitriles is 1. The number of esters is 1. The third-order valence-corrected chi connectivity index (χ3v) is 6.12.